The lowest BCUT2D eigenvalue weighted by Crippen LogP contribution is -2.26. The molecule has 1 aromatic heterocycles. The lowest BCUT2D eigenvalue weighted by atomic mass is 10.1. The molecule has 1 amide bonds. The molecule has 1 aromatic carbocycles. The number of Topliss-reactive ketones (excluding diaryl/α,β-unsaturated/α-hetero) is 1. The molecule has 24 heavy (non-hydrogen) atoms. The predicted octanol–water partition coefficient (Wildman–Crippen LogP) is 3.09. The molecule has 1 N–H and O–H groups in total. The van der Waals surface area contributed by atoms with Crippen molar-refractivity contribution in [1.29, 1.82) is 0 Å². The minimum Gasteiger partial charge on any atom is -0.356 e. The SMILES string of the molecule is O=C(CCC(=O)c1ccc(F)cc1)NCCc1nc2c(s1)CCC2. The van der Waals surface area contributed by atoms with Crippen molar-refractivity contribution < 1.29 is 14.0 Å². The van der Waals surface area contributed by atoms with Gasteiger partial charge >= 0.3 is 0 Å². The van der Waals surface area contributed by atoms with Gasteiger partial charge in [-0.15, -0.1) is 11.3 Å². The minimum atomic E-state index is -0.377. The molecule has 1 aliphatic rings. The summed E-state index contributed by atoms with van der Waals surface area (Å²) in [7, 11) is 0. The Morgan fingerprint density at radius 2 is 1.96 bits per heavy atom. The molecule has 0 aliphatic heterocycles. The van der Waals surface area contributed by atoms with Gasteiger partial charge in [-0.1, -0.05) is 0 Å². The molecule has 0 bridgehead atoms. The predicted molar refractivity (Wildman–Crippen MR) is 90.8 cm³/mol. The normalized spacial score (nSPS) is 12.9. The molecule has 0 atom stereocenters. The average Bonchev–Trinajstić information content (AvgIpc) is 3.15. The van der Waals surface area contributed by atoms with Crippen molar-refractivity contribution in [3.63, 3.8) is 0 Å². The third-order valence-corrected chi connectivity index (χ3v) is 5.26. The number of ketones is 1. The molecule has 0 spiro atoms. The van der Waals surface area contributed by atoms with Crippen LogP contribution in [-0.4, -0.2) is 23.2 Å². The summed E-state index contributed by atoms with van der Waals surface area (Å²) in [5.74, 6) is -0.673. The van der Waals surface area contributed by atoms with Crippen molar-refractivity contribution in [2.45, 2.75) is 38.5 Å². The van der Waals surface area contributed by atoms with Gasteiger partial charge in [-0.2, -0.15) is 0 Å². The van der Waals surface area contributed by atoms with Gasteiger partial charge in [0.2, 0.25) is 5.91 Å². The van der Waals surface area contributed by atoms with Gasteiger partial charge in [0.05, 0.1) is 10.7 Å². The van der Waals surface area contributed by atoms with E-state index in [9.17, 15) is 14.0 Å². The Morgan fingerprint density at radius 1 is 1.17 bits per heavy atom. The van der Waals surface area contributed by atoms with Crippen LogP contribution in [0.5, 0.6) is 0 Å². The zero-order valence-corrected chi connectivity index (χ0v) is 14.1. The maximum atomic E-state index is 12.8. The van der Waals surface area contributed by atoms with Gasteiger partial charge in [0.15, 0.2) is 5.78 Å². The van der Waals surface area contributed by atoms with E-state index < -0.39 is 0 Å². The molecule has 126 valence electrons. The van der Waals surface area contributed by atoms with Gasteiger partial charge in [-0.3, -0.25) is 9.59 Å². The molecule has 0 fully saturated rings. The Bertz CT molecular complexity index is 718. The number of hydrogen-bond donors (Lipinski definition) is 1. The third kappa shape index (κ3) is 4.26. The first-order chi connectivity index (χ1) is 11.6. The Kier molecular flexibility index (Phi) is 5.35. The minimum absolute atomic E-state index is 0.128. The number of aryl methyl sites for hydroxylation is 2. The van der Waals surface area contributed by atoms with Crippen LogP contribution in [-0.2, 0) is 24.1 Å². The molecule has 0 saturated carbocycles. The second kappa shape index (κ2) is 7.66. The van der Waals surface area contributed by atoms with Crippen LogP contribution in [0.1, 0.15) is 45.2 Å². The van der Waals surface area contributed by atoms with E-state index in [1.165, 1.54) is 41.3 Å². The van der Waals surface area contributed by atoms with Crippen molar-refractivity contribution >= 4 is 23.0 Å². The molecule has 3 rings (SSSR count). The number of nitrogens with one attached hydrogen (secondary N) is 1. The summed E-state index contributed by atoms with van der Waals surface area (Å²) in [4.78, 5) is 29.7. The Morgan fingerprint density at radius 3 is 2.71 bits per heavy atom. The number of benzene rings is 1. The number of halogens is 1. The van der Waals surface area contributed by atoms with E-state index in [1.807, 2.05) is 0 Å². The van der Waals surface area contributed by atoms with Gasteiger partial charge in [0, 0.05) is 36.2 Å². The van der Waals surface area contributed by atoms with E-state index in [-0.39, 0.29) is 30.3 Å². The maximum Gasteiger partial charge on any atom is 0.220 e. The van der Waals surface area contributed by atoms with Crippen molar-refractivity contribution in [2.24, 2.45) is 0 Å². The van der Waals surface area contributed by atoms with E-state index in [4.69, 9.17) is 0 Å². The summed E-state index contributed by atoms with van der Waals surface area (Å²) >= 11 is 1.74. The van der Waals surface area contributed by atoms with E-state index in [0.29, 0.717) is 12.1 Å². The first-order valence-corrected chi connectivity index (χ1v) is 8.96. The topological polar surface area (TPSA) is 59.1 Å². The lowest BCUT2D eigenvalue weighted by molar-refractivity contribution is -0.121. The maximum absolute atomic E-state index is 12.8. The van der Waals surface area contributed by atoms with Gasteiger partial charge < -0.3 is 5.32 Å². The van der Waals surface area contributed by atoms with E-state index in [0.717, 1.165) is 24.3 Å². The van der Waals surface area contributed by atoms with Crippen molar-refractivity contribution in [3.05, 3.63) is 51.2 Å². The van der Waals surface area contributed by atoms with Gasteiger partial charge in [-0.25, -0.2) is 9.37 Å². The highest BCUT2D eigenvalue weighted by Gasteiger charge is 2.16. The number of fused-ring (bicyclic) bond motifs is 1. The molecule has 0 radical (unpaired) electrons. The van der Waals surface area contributed by atoms with Gasteiger partial charge in [0.25, 0.3) is 0 Å². The molecular formula is C18H19FN2O2S. The Hall–Kier alpha value is -2.08. The smallest absolute Gasteiger partial charge is 0.220 e. The number of thiazole rings is 1. The van der Waals surface area contributed by atoms with Crippen LogP contribution < -0.4 is 5.32 Å². The van der Waals surface area contributed by atoms with Crippen LogP contribution in [0.4, 0.5) is 4.39 Å². The Labute approximate surface area is 144 Å². The highest BCUT2D eigenvalue weighted by Crippen LogP contribution is 2.27. The zero-order chi connectivity index (χ0) is 16.9. The summed E-state index contributed by atoms with van der Waals surface area (Å²) in [5, 5.41) is 3.90. The Balaban J connectivity index is 1.37. The van der Waals surface area contributed by atoms with Crippen molar-refractivity contribution in [2.75, 3.05) is 6.54 Å². The van der Waals surface area contributed by atoms with Crippen molar-refractivity contribution in [3.8, 4) is 0 Å². The average molecular weight is 346 g/mol. The molecule has 1 aliphatic carbocycles. The fraction of sp³-hybridized carbons (Fsp3) is 0.389. The van der Waals surface area contributed by atoms with Crippen LogP contribution in [0, 0.1) is 5.82 Å². The van der Waals surface area contributed by atoms with Gasteiger partial charge in [-0.05, 0) is 43.5 Å². The summed E-state index contributed by atoms with van der Waals surface area (Å²) in [6.07, 6.45) is 4.41. The summed E-state index contributed by atoms with van der Waals surface area (Å²) in [6.45, 7) is 0.538. The number of aromatic nitrogens is 1. The molecule has 0 unspecified atom stereocenters. The van der Waals surface area contributed by atoms with E-state index >= 15 is 0 Å². The van der Waals surface area contributed by atoms with Crippen molar-refractivity contribution in [1.82, 2.24) is 10.3 Å². The van der Waals surface area contributed by atoms with E-state index in [2.05, 4.69) is 10.3 Å². The van der Waals surface area contributed by atoms with Crippen LogP contribution in [0.2, 0.25) is 0 Å². The molecule has 0 saturated heterocycles. The molecule has 4 nitrogen and oxygen atoms in total. The molecule has 1 heterocycles. The monoisotopic (exact) mass is 346 g/mol. The number of carbonyl (C=O) groups is 2. The summed E-state index contributed by atoms with van der Waals surface area (Å²) < 4.78 is 12.8. The second-order valence-electron chi connectivity index (χ2n) is 5.86. The van der Waals surface area contributed by atoms with Crippen LogP contribution in [0.3, 0.4) is 0 Å². The van der Waals surface area contributed by atoms with E-state index in [1.54, 1.807) is 11.3 Å². The molecular weight excluding hydrogens is 327 g/mol. The van der Waals surface area contributed by atoms with Gasteiger partial charge in [0.1, 0.15) is 5.82 Å². The first-order valence-electron chi connectivity index (χ1n) is 8.15. The molecule has 2 aromatic rings. The number of rotatable bonds is 7. The zero-order valence-electron chi connectivity index (χ0n) is 13.3. The second-order valence-corrected chi connectivity index (χ2v) is 7.03. The highest BCUT2D eigenvalue weighted by molar-refractivity contribution is 7.11. The van der Waals surface area contributed by atoms with Crippen LogP contribution in [0.25, 0.3) is 0 Å². The van der Waals surface area contributed by atoms with Crippen LogP contribution in [0.15, 0.2) is 24.3 Å². The largest absolute Gasteiger partial charge is 0.356 e. The summed E-state index contributed by atoms with van der Waals surface area (Å²) in [6, 6.07) is 5.38. The molecule has 6 heteroatoms. The fourth-order valence-corrected chi connectivity index (χ4v) is 3.91. The quantitative estimate of drug-likeness (QED) is 0.784. The number of nitrogens with zero attached hydrogens (tertiary/aromatic N) is 1. The lowest BCUT2D eigenvalue weighted by Gasteiger charge is -2.04. The fourth-order valence-electron chi connectivity index (χ4n) is 2.76. The third-order valence-electron chi connectivity index (χ3n) is 4.05. The number of carbonyl (C=O) groups excluding carboxylic acids is 2. The summed E-state index contributed by atoms with van der Waals surface area (Å²) in [5.41, 5.74) is 1.66. The first kappa shape index (κ1) is 16.8. The highest BCUT2D eigenvalue weighted by atomic mass is 32.1. The number of amides is 1. The number of hydrogen-bond acceptors (Lipinski definition) is 4. The van der Waals surface area contributed by atoms with Crippen LogP contribution >= 0.6 is 11.3 Å². The standard InChI is InChI=1S/C18H19FN2O2S/c19-13-6-4-12(5-7-13)15(22)8-9-17(23)20-11-10-18-21-14-2-1-3-16(14)24-18/h4-7H,1-3,8-11H2,(H,20,23).